The Morgan fingerprint density at radius 2 is 1.40 bits per heavy atom. The second kappa shape index (κ2) is 7.57. The minimum atomic E-state index is -1.81. The molecule has 0 amide bonds. The van der Waals surface area contributed by atoms with Crippen molar-refractivity contribution in [2.75, 3.05) is 0 Å². The molecule has 5 atom stereocenters. The van der Waals surface area contributed by atoms with Gasteiger partial charge in [-0.1, -0.05) is 0 Å². The number of carboxylic acids is 1. The van der Waals surface area contributed by atoms with E-state index in [0.29, 0.717) is 0 Å². The summed E-state index contributed by atoms with van der Waals surface area (Å²) in [6.07, 6.45) is -8.72. The van der Waals surface area contributed by atoms with Gasteiger partial charge in [-0.3, -0.25) is 0 Å². The van der Waals surface area contributed by atoms with Gasteiger partial charge in [-0.2, -0.15) is 0 Å². The van der Waals surface area contributed by atoms with Crippen molar-refractivity contribution in [3.63, 3.8) is 0 Å². The number of aliphatic hydroxyl groups is 4. The molecule has 0 aromatic heterocycles. The zero-order chi connectivity index (χ0) is 10.2. The molecule has 9 heteroatoms. The summed E-state index contributed by atoms with van der Waals surface area (Å²) >= 11 is 0. The van der Waals surface area contributed by atoms with Crippen molar-refractivity contribution in [3.05, 3.63) is 0 Å². The number of aliphatic carboxylic acids is 1. The van der Waals surface area contributed by atoms with Gasteiger partial charge >= 0.3 is 65.1 Å². The number of carbonyl (C=O) groups is 1. The molecule has 0 radical (unpaired) electrons. The Balaban J connectivity index is 0. The fourth-order valence-corrected chi connectivity index (χ4v) is 1.07. The first kappa shape index (κ1) is 18.6. The molecule has 1 saturated heterocycles. The van der Waals surface area contributed by atoms with Crippen LogP contribution in [0, 0.1) is 0 Å². The van der Waals surface area contributed by atoms with Gasteiger partial charge in [0.15, 0.2) is 12.4 Å². The summed E-state index contributed by atoms with van der Waals surface area (Å²) in [5.74, 6) is -1.52. The third-order valence-corrected chi connectivity index (χ3v) is 1.83. The maximum absolute atomic E-state index is 10.4. The van der Waals surface area contributed by atoms with E-state index < -0.39 is 36.7 Å². The van der Waals surface area contributed by atoms with Crippen LogP contribution in [0.5, 0.6) is 0 Å². The standard InChI is InChI=1S/C6H10O7.2Na.2H/c7-1-2(8)4(5(10)11)13-6(12)3(1)9;;;;/h1-4,6-9,12H,(H,10,11);;;;/t1-,2-,3+,4-,6+;;;;/m0..../s1. The number of carboxylic acid groups (broad SMARTS) is 1. The SMILES string of the molecule is O=C(O)[C@H]1O[C@@H](O)[C@H](O)[C@@H](O)[C@@H]1O.[NaH].[NaH]. The van der Waals surface area contributed by atoms with Gasteiger partial charge in [0, 0.05) is 0 Å². The van der Waals surface area contributed by atoms with Crippen molar-refractivity contribution in [3.8, 4) is 0 Å². The Morgan fingerprint density at radius 3 is 1.80 bits per heavy atom. The second-order valence-corrected chi connectivity index (χ2v) is 2.76. The Morgan fingerprint density at radius 1 is 0.933 bits per heavy atom. The van der Waals surface area contributed by atoms with Crippen LogP contribution in [0.4, 0.5) is 0 Å². The van der Waals surface area contributed by atoms with E-state index in [9.17, 15) is 4.79 Å². The molecule has 1 fully saturated rings. The molecule has 0 unspecified atom stereocenters. The van der Waals surface area contributed by atoms with E-state index in [4.69, 9.17) is 25.5 Å². The van der Waals surface area contributed by atoms with Gasteiger partial charge in [0.2, 0.25) is 0 Å². The Hall–Kier alpha value is 1.27. The number of rotatable bonds is 1. The van der Waals surface area contributed by atoms with Gasteiger partial charge in [0.05, 0.1) is 0 Å². The number of ether oxygens (including phenoxy) is 1. The zero-order valence-electron chi connectivity index (χ0n) is 6.44. The van der Waals surface area contributed by atoms with E-state index in [-0.39, 0.29) is 59.1 Å². The average Bonchev–Trinajstić information content (AvgIpc) is 2.07. The third kappa shape index (κ3) is 4.21. The van der Waals surface area contributed by atoms with Crippen LogP contribution in [0.3, 0.4) is 0 Å². The zero-order valence-corrected chi connectivity index (χ0v) is 6.44. The van der Waals surface area contributed by atoms with Gasteiger partial charge < -0.3 is 30.3 Å². The molecule has 7 nitrogen and oxygen atoms in total. The van der Waals surface area contributed by atoms with Crippen LogP contribution in [0.2, 0.25) is 0 Å². The Bertz CT molecular complexity index is 214. The van der Waals surface area contributed by atoms with Crippen LogP contribution in [0.25, 0.3) is 0 Å². The van der Waals surface area contributed by atoms with Crippen LogP contribution in [0.15, 0.2) is 0 Å². The van der Waals surface area contributed by atoms with Crippen LogP contribution in [-0.2, 0) is 9.53 Å². The predicted molar refractivity (Wildman–Crippen MR) is 50.8 cm³/mol. The predicted octanol–water partition coefficient (Wildman–Crippen LogP) is -4.43. The summed E-state index contributed by atoms with van der Waals surface area (Å²) in [6, 6.07) is 0. The molecule has 80 valence electrons. The monoisotopic (exact) mass is 242 g/mol. The minimum absolute atomic E-state index is 0. The molecule has 1 aliphatic heterocycles. The molecule has 1 rings (SSSR count). The normalized spacial score (nSPS) is 39.9. The first-order chi connectivity index (χ1) is 5.95. The second-order valence-electron chi connectivity index (χ2n) is 2.76. The summed E-state index contributed by atoms with van der Waals surface area (Å²) < 4.78 is 4.34. The first-order valence-electron chi connectivity index (χ1n) is 3.55. The van der Waals surface area contributed by atoms with Crippen molar-refractivity contribution in [2.24, 2.45) is 0 Å². The van der Waals surface area contributed by atoms with Crippen LogP contribution >= 0.6 is 0 Å². The number of hydrogen-bond acceptors (Lipinski definition) is 6. The van der Waals surface area contributed by atoms with Gasteiger partial charge in [-0.15, -0.1) is 0 Å². The van der Waals surface area contributed by atoms with E-state index in [0.717, 1.165) is 0 Å². The molecule has 15 heavy (non-hydrogen) atoms. The molecular weight excluding hydrogens is 230 g/mol. The van der Waals surface area contributed by atoms with Gasteiger partial charge in [-0.25, -0.2) is 4.79 Å². The summed E-state index contributed by atoms with van der Waals surface area (Å²) in [5, 5.41) is 44.4. The maximum atomic E-state index is 10.4. The van der Waals surface area contributed by atoms with Crippen LogP contribution in [0.1, 0.15) is 0 Å². The number of hydrogen-bond donors (Lipinski definition) is 5. The van der Waals surface area contributed by atoms with Crippen molar-refractivity contribution in [1.82, 2.24) is 0 Å². The van der Waals surface area contributed by atoms with Crippen LogP contribution < -0.4 is 0 Å². The van der Waals surface area contributed by atoms with E-state index in [1.54, 1.807) is 0 Å². The number of aliphatic hydroxyl groups excluding tert-OH is 4. The fraction of sp³-hybridized carbons (Fsp3) is 0.833. The van der Waals surface area contributed by atoms with Gasteiger partial charge in [-0.05, 0) is 0 Å². The first-order valence-corrected chi connectivity index (χ1v) is 3.55. The molecule has 5 N–H and O–H groups in total. The van der Waals surface area contributed by atoms with Gasteiger partial charge in [0.25, 0.3) is 0 Å². The molecule has 0 aromatic rings. The van der Waals surface area contributed by atoms with Crippen molar-refractivity contribution >= 4 is 65.1 Å². The third-order valence-electron chi connectivity index (χ3n) is 1.83. The van der Waals surface area contributed by atoms with E-state index in [1.807, 2.05) is 0 Å². The molecular formula is C6H12Na2O7. The van der Waals surface area contributed by atoms with Gasteiger partial charge in [0.1, 0.15) is 18.3 Å². The molecule has 0 spiro atoms. The summed E-state index contributed by atoms with van der Waals surface area (Å²) in [7, 11) is 0. The topological polar surface area (TPSA) is 127 Å². The quantitative estimate of drug-likeness (QED) is 0.293. The molecule has 0 aromatic carbocycles. The molecule has 0 bridgehead atoms. The summed E-state index contributed by atoms with van der Waals surface area (Å²) in [6.45, 7) is 0. The average molecular weight is 242 g/mol. The molecule has 1 aliphatic rings. The van der Waals surface area contributed by atoms with E-state index >= 15 is 0 Å². The van der Waals surface area contributed by atoms with Crippen molar-refractivity contribution < 1.29 is 35.1 Å². The fourth-order valence-electron chi connectivity index (χ4n) is 1.07. The van der Waals surface area contributed by atoms with E-state index in [2.05, 4.69) is 4.74 Å². The molecule has 1 heterocycles. The van der Waals surface area contributed by atoms with Crippen LogP contribution in [-0.4, -0.2) is 121 Å². The Kier molecular flexibility index (Phi) is 9.40. The Labute approximate surface area is 130 Å². The van der Waals surface area contributed by atoms with Crippen molar-refractivity contribution in [2.45, 2.75) is 30.7 Å². The molecule has 0 aliphatic carbocycles. The van der Waals surface area contributed by atoms with Crippen molar-refractivity contribution in [1.29, 1.82) is 0 Å². The summed E-state index contributed by atoms with van der Waals surface area (Å²) in [5.41, 5.74) is 0. The summed E-state index contributed by atoms with van der Waals surface area (Å²) in [4.78, 5) is 10.4. The van der Waals surface area contributed by atoms with E-state index in [1.165, 1.54) is 0 Å². The molecule has 0 saturated carbocycles.